The predicted octanol–water partition coefficient (Wildman–Crippen LogP) is 4.34. The number of benzene rings is 2. The lowest BCUT2D eigenvalue weighted by Crippen LogP contribution is -2.60. The summed E-state index contributed by atoms with van der Waals surface area (Å²) in [6.45, 7) is 5.02. The van der Waals surface area contributed by atoms with Crippen LogP contribution in [0.4, 0.5) is 13.6 Å². The lowest BCUT2D eigenvalue weighted by atomic mass is 9.85. The van der Waals surface area contributed by atoms with Gasteiger partial charge in [0.2, 0.25) is 34.1 Å². The largest absolute Gasteiger partial charge is 0.471 e. The number of allylic oxidation sites excluding steroid dienone is 1. The number of amides is 4. The number of alkyl halides is 2. The van der Waals surface area contributed by atoms with Crippen LogP contribution in [0.5, 0.6) is 5.88 Å². The fraction of sp³-hybridized carbons (Fsp3) is 0.487. The summed E-state index contributed by atoms with van der Waals surface area (Å²) in [5.41, 5.74) is -0.0537. The van der Waals surface area contributed by atoms with Crippen molar-refractivity contribution in [3.8, 4) is 17.1 Å². The molecule has 2 aliphatic heterocycles. The Bertz CT molecular complexity index is 2190. The molecule has 14 nitrogen and oxygen atoms in total. The molecule has 17 heteroatoms. The molecule has 56 heavy (non-hydrogen) atoms. The van der Waals surface area contributed by atoms with Gasteiger partial charge >= 0.3 is 6.09 Å². The van der Waals surface area contributed by atoms with Crippen molar-refractivity contribution in [2.75, 3.05) is 13.2 Å². The standard InChI is InChI=1S/C39H44F2N6O8S/c1-38(2,3)31-35(49)47-21-24(19-29(47)33(48)45-39(20-26(39)32(40)41)36(50)46-56(52,53)25-15-16-25)55-34-30(42-27-13-6-7-14-28(27)43-34)23-12-9-11-22(18-23)10-5-4-8-17-54-37(51)44-31/h5-7,9-14,18,24-26,29,31-32H,4,8,15-17,19-21H2,1-3H3,(H,44,51)(H,45,48)(H,46,50)/b10-5+/t24-,26+,29+,31-,39+/m1/s1. The number of sulfonamides is 1. The zero-order valence-electron chi connectivity index (χ0n) is 31.2. The number of cyclic esters (lactones) is 1. The molecule has 4 bridgehead atoms. The van der Waals surface area contributed by atoms with E-state index in [0.717, 1.165) is 5.56 Å². The molecular formula is C39H44F2N6O8S. The maximum atomic E-state index is 14.5. The third-order valence-corrected chi connectivity index (χ3v) is 12.3. The number of hydrogen-bond acceptors (Lipinski definition) is 10. The van der Waals surface area contributed by atoms with E-state index in [0.29, 0.717) is 48.0 Å². The van der Waals surface area contributed by atoms with Crippen LogP contribution in [0.15, 0.2) is 54.6 Å². The normalized spacial score (nSPS) is 26.4. The number of rotatable bonds is 6. The number of nitrogens with one attached hydrogen (secondary N) is 3. The highest BCUT2D eigenvalue weighted by atomic mass is 32.2. The summed E-state index contributed by atoms with van der Waals surface area (Å²) in [6, 6.07) is 12.1. The minimum absolute atomic E-state index is 0.0634. The molecule has 298 valence electrons. The molecule has 2 saturated carbocycles. The second-order valence-corrected chi connectivity index (χ2v) is 17.8. The van der Waals surface area contributed by atoms with Crippen molar-refractivity contribution < 1.29 is 45.9 Å². The summed E-state index contributed by atoms with van der Waals surface area (Å²) in [6.07, 6.45) is 0.140. The van der Waals surface area contributed by atoms with Gasteiger partial charge in [-0.15, -0.1) is 0 Å². The van der Waals surface area contributed by atoms with E-state index < -0.39 is 87.0 Å². The fourth-order valence-electron chi connectivity index (χ4n) is 7.17. The van der Waals surface area contributed by atoms with E-state index in [-0.39, 0.29) is 25.5 Å². The van der Waals surface area contributed by atoms with Gasteiger partial charge in [-0.3, -0.25) is 19.1 Å². The average molecular weight is 795 g/mol. The second-order valence-electron chi connectivity index (χ2n) is 15.9. The van der Waals surface area contributed by atoms with Gasteiger partial charge in [-0.05, 0) is 61.3 Å². The van der Waals surface area contributed by atoms with E-state index in [1.807, 2.05) is 53.3 Å². The molecule has 4 aliphatic rings. The van der Waals surface area contributed by atoms with Crippen molar-refractivity contribution >= 4 is 50.9 Å². The first kappa shape index (κ1) is 39.1. The van der Waals surface area contributed by atoms with Crippen LogP contribution in [0.1, 0.15) is 64.9 Å². The maximum Gasteiger partial charge on any atom is 0.407 e. The highest BCUT2D eigenvalue weighted by molar-refractivity contribution is 7.91. The van der Waals surface area contributed by atoms with Crippen LogP contribution < -0.4 is 20.1 Å². The second kappa shape index (κ2) is 15.0. The van der Waals surface area contributed by atoms with Crippen LogP contribution in [0.25, 0.3) is 28.4 Å². The fourth-order valence-corrected chi connectivity index (χ4v) is 8.54. The Labute approximate surface area is 322 Å². The summed E-state index contributed by atoms with van der Waals surface area (Å²) in [5, 5.41) is 4.26. The molecule has 3 aromatic rings. The number of aromatic nitrogens is 2. The van der Waals surface area contributed by atoms with Gasteiger partial charge < -0.3 is 25.0 Å². The van der Waals surface area contributed by atoms with Gasteiger partial charge in [-0.25, -0.2) is 32.0 Å². The van der Waals surface area contributed by atoms with E-state index in [2.05, 4.69) is 10.6 Å². The number of carbonyl (C=O) groups excluding carboxylic acids is 4. The monoisotopic (exact) mass is 794 g/mol. The van der Waals surface area contributed by atoms with E-state index in [4.69, 9.17) is 19.4 Å². The Morgan fingerprint density at radius 1 is 1.05 bits per heavy atom. The van der Waals surface area contributed by atoms with Crippen LogP contribution in [0.3, 0.4) is 0 Å². The van der Waals surface area contributed by atoms with Crippen molar-refractivity contribution in [1.82, 2.24) is 30.2 Å². The lowest BCUT2D eigenvalue weighted by molar-refractivity contribution is -0.143. The van der Waals surface area contributed by atoms with Crippen LogP contribution in [0, 0.1) is 11.3 Å². The molecule has 3 heterocycles. The minimum Gasteiger partial charge on any atom is -0.471 e. The molecule has 3 N–H and O–H groups in total. The van der Waals surface area contributed by atoms with Gasteiger partial charge in [-0.1, -0.05) is 63.3 Å². The first-order chi connectivity index (χ1) is 26.6. The summed E-state index contributed by atoms with van der Waals surface area (Å²) in [4.78, 5) is 66.2. The first-order valence-electron chi connectivity index (χ1n) is 18.7. The Balaban J connectivity index is 1.26. The number of hydrogen-bond donors (Lipinski definition) is 3. The Morgan fingerprint density at radius 2 is 1.79 bits per heavy atom. The zero-order valence-corrected chi connectivity index (χ0v) is 32.0. The molecule has 5 atom stereocenters. The number of ether oxygens (including phenoxy) is 2. The molecule has 0 radical (unpaired) electrons. The van der Waals surface area contributed by atoms with Gasteiger partial charge in [0.25, 0.3) is 5.91 Å². The van der Waals surface area contributed by atoms with E-state index in [1.165, 1.54) is 4.90 Å². The Kier molecular flexibility index (Phi) is 10.5. The van der Waals surface area contributed by atoms with Crippen LogP contribution in [0.2, 0.25) is 0 Å². The SMILES string of the molecule is CC(C)(C)[C@@H]1NC(=O)OCCC/C=C/c2cccc(c2)-c2nc3ccccc3nc2O[C@@H]2C[C@@H](C(=O)N[C@@]3(C(=O)NS(=O)(=O)C4CC4)C[C@H]3C(F)F)N(C2)C1=O. The minimum atomic E-state index is -4.14. The average Bonchev–Trinajstić information content (AvgIpc) is 4.08. The van der Waals surface area contributed by atoms with Gasteiger partial charge in [-0.2, -0.15) is 0 Å². The van der Waals surface area contributed by atoms with E-state index in [1.54, 1.807) is 32.9 Å². The van der Waals surface area contributed by atoms with Gasteiger partial charge in [0.05, 0.1) is 35.4 Å². The first-order valence-corrected chi connectivity index (χ1v) is 20.2. The van der Waals surface area contributed by atoms with Crippen molar-refractivity contribution in [3.63, 3.8) is 0 Å². The Hall–Kier alpha value is -5.19. The number of carbonyl (C=O) groups is 4. The highest BCUT2D eigenvalue weighted by Crippen LogP contribution is 2.48. The third-order valence-electron chi connectivity index (χ3n) is 10.5. The quantitative estimate of drug-likeness (QED) is 0.324. The zero-order chi connectivity index (χ0) is 40.0. The maximum absolute atomic E-state index is 14.5. The summed E-state index contributed by atoms with van der Waals surface area (Å²) in [5.74, 6) is -4.45. The lowest BCUT2D eigenvalue weighted by Gasteiger charge is -2.35. The van der Waals surface area contributed by atoms with Gasteiger partial charge in [0.1, 0.15) is 29.4 Å². The smallest absolute Gasteiger partial charge is 0.407 e. The number of alkyl carbamates (subject to hydrolysis) is 1. The molecule has 0 spiro atoms. The van der Waals surface area contributed by atoms with Gasteiger partial charge in [0, 0.05) is 12.0 Å². The predicted molar refractivity (Wildman–Crippen MR) is 201 cm³/mol. The number of fused-ring (bicyclic) bond motifs is 7. The van der Waals surface area contributed by atoms with E-state index >= 15 is 0 Å². The molecule has 2 aliphatic carbocycles. The summed E-state index contributed by atoms with van der Waals surface area (Å²) in [7, 11) is -4.14. The molecule has 4 amide bonds. The molecule has 3 fully saturated rings. The van der Waals surface area contributed by atoms with Crippen LogP contribution >= 0.6 is 0 Å². The Morgan fingerprint density at radius 3 is 2.46 bits per heavy atom. The number of para-hydroxylation sites is 2. The van der Waals surface area contributed by atoms with E-state index in [9.17, 15) is 36.4 Å². The molecule has 0 unspecified atom stereocenters. The topological polar surface area (TPSA) is 186 Å². The third kappa shape index (κ3) is 8.18. The summed E-state index contributed by atoms with van der Waals surface area (Å²) >= 11 is 0. The van der Waals surface area contributed by atoms with Crippen molar-refractivity contribution in [2.24, 2.45) is 11.3 Å². The van der Waals surface area contributed by atoms with Crippen LogP contribution in [-0.4, -0.2) is 95.7 Å². The van der Waals surface area contributed by atoms with Crippen molar-refractivity contribution in [3.05, 3.63) is 60.2 Å². The van der Waals surface area contributed by atoms with Crippen LogP contribution in [-0.2, 0) is 29.1 Å². The molecule has 1 aromatic heterocycles. The van der Waals surface area contributed by atoms with Gasteiger partial charge in [0.15, 0.2) is 0 Å². The molecule has 7 rings (SSSR count). The molecular weight excluding hydrogens is 751 g/mol. The molecule has 1 saturated heterocycles. The highest BCUT2D eigenvalue weighted by Gasteiger charge is 2.67. The van der Waals surface area contributed by atoms with Crippen molar-refractivity contribution in [2.45, 2.75) is 94.7 Å². The van der Waals surface area contributed by atoms with Crippen molar-refractivity contribution in [1.29, 1.82) is 0 Å². The number of nitrogens with zero attached hydrogens (tertiary/aromatic N) is 3. The number of halogens is 2. The molecule has 2 aromatic carbocycles. The summed E-state index contributed by atoms with van der Waals surface area (Å²) < 4.78 is 67.5.